The summed E-state index contributed by atoms with van der Waals surface area (Å²) in [6, 6.07) is 7.58. The van der Waals surface area contributed by atoms with Gasteiger partial charge >= 0.3 is 0 Å². The molecule has 1 aromatic rings. The number of hydrogen-bond acceptors (Lipinski definition) is 4. The number of aromatic nitrogens is 1. The first kappa shape index (κ1) is 14.3. The van der Waals surface area contributed by atoms with Crippen LogP contribution < -0.4 is 10.6 Å². The summed E-state index contributed by atoms with van der Waals surface area (Å²) in [5, 5.41) is 6.41. The third-order valence-corrected chi connectivity index (χ3v) is 3.90. The van der Waals surface area contributed by atoms with Crippen LogP contribution in [-0.4, -0.2) is 40.8 Å². The molecule has 22 heavy (non-hydrogen) atoms. The number of amides is 1. The molecular weight excluding hydrogens is 278 g/mol. The quantitative estimate of drug-likeness (QED) is 0.566. The molecule has 1 amide bonds. The van der Waals surface area contributed by atoms with Crippen LogP contribution in [0.4, 0.5) is 5.82 Å². The second-order valence-electron chi connectivity index (χ2n) is 5.72. The van der Waals surface area contributed by atoms with Crippen LogP contribution in [0.3, 0.4) is 0 Å². The predicted molar refractivity (Wildman–Crippen MR) is 86.2 cm³/mol. The van der Waals surface area contributed by atoms with Gasteiger partial charge < -0.3 is 15.2 Å². The van der Waals surface area contributed by atoms with Crippen LogP contribution in [-0.2, 0) is 4.79 Å². The SMILES string of the molecule is C=CC(=O)N1CC(C)C[C@@H](NC2=NC#CNc3[nH]ccc32)C1. The van der Waals surface area contributed by atoms with Gasteiger partial charge in [0.2, 0.25) is 5.91 Å². The largest absolute Gasteiger partial charge is 0.364 e. The molecular formula is C16H19N5O. The first-order chi connectivity index (χ1) is 10.7. The molecule has 1 saturated heterocycles. The fourth-order valence-electron chi connectivity index (χ4n) is 2.97. The van der Waals surface area contributed by atoms with Crippen molar-refractivity contribution in [3.05, 3.63) is 30.5 Å². The Labute approximate surface area is 129 Å². The summed E-state index contributed by atoms with van der Waals surface area (Å²) in [5.74, 6) is 1.97. The minimum Gasteiger partial charge on any atom is -0.364 e. The van der Waals surface area contributed by atoms with Crippen molar-refractivity contribution in [3.8, 4) is 12.1 Å². The van der Waals surface area contributed by atoms with E-state index in [4.69, 9.17) is 0 Å². The van der Waals surface area contributed by atoms with Gasteiger partial charge in [-0.3, -0.25) is 10.1 Å². The van der Waals surface area contributed by atoms with Crippen molar-refractivity contribution in [2.45, 2.75) is 19.4 Å². The molecule has 6 heteroatoms. The maximum Gasteiger partial charge on any atom is 0.246 e. The lowest BCUT2D eigenvalue weighted by molar-refractivity contribution is -0.128. The number of hydrogen-bond donors (Lipinski definition) is 3. The summed E-state index contributed by atoms with van der Waals surface area (Å²) in [7, 11) is 0. The number of likely N-dealkylation sites (tertiary alicyclic amines) is 1. The van der Waals surface area contributed by atoms with Gasteiger partial charge in [0.25, 0.3) is 0 Å². The molecule has 2 atom stereocenters. The maximum atomic E-state index is 11.9. The second kappa shape index (κ2) is 5.98. The normalized spacial score (nSPS) is 23.1. The van der Waals surface area contributed by atoms with Gasteiger partial charge in [0, 0.05) is 31.4 Å². The van der Waals surface area contributed by atoms with Crippen molar-refractivity contribution in [2.75, 3.05) is 18.4 Å². The summed E-state index contributed by atoms with van der Waals surface area (Å²) in [4.78, 5) is 21.1. The van der Waals surface area contributed by atoms with Crippen LogP contribution in [0, 0.1) is 18.0 Å². The number of piperidine rings is 1. The van der Waals surface area contributed by atoms with Crippen molar-refractivity contribution in [1.82, 2.24) is 15.2 Å². The van der Waals surface area contributed by atoms with Crippen molar-refractivity contribution in [1.29, 1.82) is 0 Å². The number of carbonyl (C=O) groups is 1. The number of H-pyrrole nitrogens is 1. The van der Waals surface area contributed by atoms with E-state index in [1.807, 2.05) is 17.2 Å². The molecule has 0 aliphatic carbocycles. The summed E-state index contributed by atoms with van der Waals surface area (Å²) < 4.78 is 0. The molecule has 6 nitrogen and oxygen atoms in total. The van der Waals surface area contributed by atoms with Gasteiger partial charge in [-0.2, -0.15) is 4.99 Å². The molecule has 3 heterocycles. The zero-order chi connectivity index (χ0) is 15.5. The summed E-state index contributed by atoms with van der Waals surface area (Å²) >= 11 is 0. The van der Waals surface area contributed by atoms with Crippen molar-refractivity contribution >= 4 is 17.6 Å². The van der Waals surface area contributed by atoms with Crippen LogP contribution in [0.2, 0.25) is 0 Å². The Bertz CT molecular complexity index is 678. The molecule has 0 bridgehead atoms. The Kier molecular flexibility index (Phi) is 3.88. The average Bonchev–Trinajstić information content (AvgIpc) is 2.90. The summed E-state index contributed by atoms with van der Waals surface area (Å²) in [5.41, 5.74) is 0.942. The van der Waals surface area contributed by atoms with Crippen LogP contribution in [0.5, 0.6) is 0 Å². The third-order valence-electron chi connectivity index (χ3n) is 3.90. The fraction of sp³-hybridized carbons (Fsp3) is 0.375. The first-order valence-corrected chi connectivity index (χ1v) is 7.36. The zero-order valence-corrected chi connectivity index (χ0v) is 12.5. The number of aliphatic imine (C=N–C) groups is 1. The van der Waals surface area contributed by atoms with E-state index in [1.54, 1.807) is 0 Å². The van der Waals surface area contributed by atoms with Gasteiger partial charge in [-0.25, -0.2) is 0 Å². The van der Waals surface area contributed by atoms with Gasteiger partial charge in [-0.05, 0) is 24.5 Å². The highest BCUT2D eigenvalue weighted by Crippen LogP contribution is 2.19. The van der Waals surface area contributed by atoms with E-state index in [-0.39, 0.29) is 11.9 Å². The van der Waals surface area contributed by atoms with Crippen molar-refractivity contribution in [3.63, 3.8) is 0 Å². The van der Waals surface area contributed by atoms with E-state index >= 15 is 0 Å². The van der Waals surface area contributed by atoms with Gasteiger partial charge in [-0.1, -0.05) is 13.5 Å². The summed E-state index contributed by atoms with van der Waals surface area (Å²) in [6.45, 7) is 7.14. The van der Waals surface area contributed by atoms with E-state index in [0.717, 1.165) is 30.2 Å². The number of fused-ring (bicyclic) bond motifs is 1. The molecule has 0 radical (unpaired) electrons. The molecule has 0 saturated carbocycles. The number of nitrogens with zero attached hydrogens (tertiary/aromatic N) is 2. The number of aromatic amines is 1. The predicted octanol–water partition coefficient (Wildman–Crippen LogP) is 1.12. The summed E-state index contributed by atoms with van der Waals surface area (Å²) in [6.07, 6.45) is 4.21. The highest BCUT2D eigenvalue weighted by Gasteiger charge is 2.28. The monoisotopic (exact) mass is 297 g/mol. The second-order valence-corrected chi connectivity index (χ2v) is 5.72. The van der Waals surface area contributed by atoms with E-state index in [0.29, 0.717) is 12.5 Å². The van der Waals surface area contributed by atoms with E-state index in [9.17, 15) is 4.79 Å². The minimum atomic E-state index is -0.0232. The molecule has 2 aliphatic rings. The Morgan fingerprint density at radius 2 is 2.45 bits per heavy atom. The van der Waals surface area contributed by atoms with Crippen LogP contribution in [0.25, 0.3) is 0 Å². The maximum absolute atomic E-state index is 11.9. The first-order valence-electron chi connectivity index (χ1n) is 7.36. The molecule has 1 aromatic heterocycles. The Morgan fingerprint density at radius 1 is 1.59 bits per heavy atom. The molecule has 3 rings (SSSR count). The third kappa shape index (κ3) is 2.84. The van der Waals surface area contributed by atoms with Crippen LogP contribution in [0.1, 0.15) is 18.9 Å². The fourth-order valence-corrected chi connectivity index (χ4v) is 2.97. The topological polar surface area (TPSA) is 72.5 Å². The highest BCUT2D eigenvalue weighted by molar-refractivity contribution is 6.04. The molecule has 1 fully saturated rings. The van der Waals surface area contributed by atoms with Crippen LogP contribution in [0.15, 0.2) is 29.9 Å². The molecule has 2 aliphatic heterocycles. The van der Waals surface area contributed by atoms with Crippen molar-refractivity contribution < 1.29 is 4.79 Å². The lowest BCUT2D eigenvalue weighted by Crippen LogP contribution is -2.51. The lowest BCUT2D eigenvalue weighted by Gasteiger charge is -2.36. The smallest absolute Gasteiger partial charge is 0.246 e. The Balaban J connectivity index is 1.76. The highest BCUT2D eigenvalue weighted by atomic mass is 16.2. The number of rotatable bonds is 2. The molecule has 3 N–H and O–H groups in total. The average molecular weight is 297 g/mol. The molecule has 1 unspecified atom stereocenters. The number of amidine groups is 1. The molecule has 0 aromatic carbocycles. The van der Waals surface area contributed by atoms with E-state index < -0.39 is 0 Å². The van der Waals surface area contributed by atoms with Crippen molar-refractivity contribution in [2.24, 2.45) is 10.9 Å². The van der Waals surface area contributed by atoms with Gasteiger partial charge in [-0.15, -0.1) is 0 Å². The van der Waals surface area contributed by atoms with Gasteiger partial charge in [0.1, 0.15) is 11.7 Å². The Hall–Kier alpha value is -2.68. The standard InChI is InChI=1S/C16H19N5O/c1-3-14(22)21-9-11(2)8-12(10-21)20-16-13-4-5-17-15(13)18-6-7-19-16/h3-5,11-12,17-18H,1,8-10H2,2H3,(H,19,20)/t11?,12-/m1/s1. The van der Waals surface area contributed by atoms with Gasteiger partial charge in [0.15, 0.2) is 0 Å². The molecule has 114 valence electrons. The number of carbonyl (C=O) groups excluding carboxylic acids is 1. The number of nitrogens with one attached hydrogen (secondary N) is 3. The number of anilines is 1. The van der Waals surface area contributed by atoms with Gasteiger partial charge in [0.05, 0.1) is 11.6 Å². The van der Waals surface area contributed by atoms with E-state index in [2.05, 4.69) is 46.2 Å². The molecule has 0 spiro atoms. The van der Waals surface area contributed by atoms with Crippen LogP contribution >= 0.6 is 0 Å². The lowest BCUT2D eigenvalue weighted by atomic mass is 9.95. The van der Waals surface area contributed by atoms with E-state index in [1.165, 1.54) is 6.08 Å². The Morgan fingerprint density at radius 3 is 3.27 bits per heavy atom. The minimum absolute atomic E-state index is 0.0232. The zero-order valence-electron chi connectivity index (χ0n) is 12.5.